The van der Waals surface area contributed by atoms with Crippen molar-refractivity contribution in [3.63, 3.8) is 0 Å². The van der Waals surface area contributed by atoms with E-state index in [1.165, 1.54) is 6.92 Å². The third-order valence-electron chi connectivity index (χ3n) is 2.41. The first-order valence-electron chi connectivity index (χ1n) is 4.99. The SMILES string of the molecule is CC(O)(C#N)CCC(N)c1ccccc1. The van der Waals surface area contributed by atoms with Gasteiger partial charge in [0.1, 0.15) is 5.60 Å². The number of hydrogen-bond acceptors (Lipinski definition) is 3. The average Bonchev–Trinajstić information content (AvgIpc) is 2.27. The number of aliphatic hydroxyl groups is 1. The summed E-state index contributed by atoms with van der Waals surface area (Å²) < 4.78 is 0. The molecule has 2 atom stereocenters. The fourth-order valence-corrected chi connectivity index (χ4v) is 1.36. The maximum atomic E-state index is 9.50. The Labute approximate surface area is 90.1 Å². The van der Waals surface area contributed by atoms with Gasteiger partial charge in [0.15, 0.2) is 0 Å². The molecule has 0 bridgehead atoms. The summed E-state index contributed by atoms with van der Waals surface area (Å²) in [6.07, 6.45) is 0.990. The Morgan fingerprint density at radius 1 is 1.47 bits per heavy atom. The number of rotatable bonds is 4. The molecule has 3 heteroatoms. The van der Waals surface area contributed by atoms with Gasteiger partial charge in [0.05, 0.1) is 6.07 Å². The van der Waals surface area contributed by atoms with E-state index in [0.717, 1.165) is 5.56 Å². The second-order valence-corrected chi connectivity index (χ2v) is 3.94. The van der Waals surface area contributed by atoms with Crippen molar-refractivity contribution in [2.45, 2.75) is 31.4 Å². The molecule has 0 aromatic heterocycles. The topological polar surface area (TPSA) is 70.0 Å². The van der Waals surface area contributed by atoms with Crippen molar-refractivity contribution in [3.05, 3.63) is 35.9 Å². The predicted octanol–water partition coefficient (Wildman–Crippen LogP) is 1.74. The second kappa shape index (κ2) is 4.92. The van der Waals surface area contributed by atoms with Gasteiger partial charge in [-0.3, -0.25) is 0 Å². The Hall–Kier alpha value is -1.37. The standard InChI is InChI=1S/C12H16N2O/c1-12(15,9-13)8-7-11(14)10-5-3-2-4-6-10/h2-6,11,15H,7-8,14H2,1H3. The molecule has 0 amide bonds. The largest absolute Gasteiger partial charge is 0.376 e. The lowest BCUT2D eigenvalue weighted by molar-refractivity contribution is 0.105. The molecule has 0 heterocycles. The van der Waals surface area contributed by atoms with Gasteiger partial charge in [-0.25, -0.2) is 0 Å². The molecule has 2 unspecified atom stereocenters. The highest BCUT2D eigenvalue weighted by Gasteiger charge is 2.20. The molecule has 1 aromatic rings. The molecule has 0 radical (unpaired) electrons. The van der Waals surface area contributed by atoms with Gasteiger partial charge < -0.3 is 10.8 Å². The van der Waals surface area contributed by atoms with Gasteiger partial charge in [-0.15, -0.1) is 0 Å². The van der Waals surface area contributed by atoms with E-state index in [4.69, 9.17) is 11.0 Å². The molecule has 0 saturated heterocycles. The van der Waals surface area contributed by atoms with Crippen LogP contribution in [0.25, 0.3) is 0 Å². The lowest BCUT2D eigenvalue weighted by Crippen LogP contribution is -2.23. The molecule has 0 spiro atoms. The van der Waals surface area contributed by atoms with Gasteiger partial charge in [-0.2, -0.15) is 5.26 Å². The van der Waals surface area contributed by atoms with Crippen LogP contribution in [0.15, 0.2) is 30.3 Å². The van der Waals surface area contributed by atoms with Gasteiger partial charge >= 0.3 is 0 Å². The van der Waals surface area contributed by atoms with E-state index in [-0.39, 0.29) is 6.04 Å². The van der Waals surface area contributed by atoms with Gasteiger partial charge in [-0.1, -0.05) is 30.3 Å². The summed E-state index contributed by atoms with van der Waals surface area (Å²) in [6, 6.07) is 11.4. The Kier molecular flexibility index (Phi) is 3.84. The van der Waals surface area contributed by atoms with Crippen molar-refractivity contribution < 1.29 is 5.11 Å². The lowest BCUT2D eigenvalue weighted by atomic mass is 9.95. The van der Waals surface area contributed by atoms with Gasteiger partial charge in [-0.05, 0) is 25.3 Å². The molecular weight excluding hydrogens is 188 g/mol. The molecule has 15 heavy (non-hydrogen) atoms. The summed E-state index contributed by atoms with van der Waals surface area (Å²) in [6.45, 7) is 1.50. The van der Waals surface area contributed by atoms with Crippen LogP contribution >= 0.6 is 0 Å². The highest BCUT2D eigenvalue weighted by atomic mass is 16.3. The van der Waals surface area contributed by atoms with E-state index < -0.39 is 5.60 Å². The van der Waals surface area contributed by atoms with Gasteiger partial charge in [0.25, 0.3) is 0 Å². The van der Waals surface area contributed by atoms with Gasteiger partial charge in [0.2, 0.25) is 0 Å². The van der Waals surface area contributed by atoms with E-state index in [0.29, 0.717) is 12.8 Å². The summed E-state index contributed by atoms with van der Waals surface area (Å²) in [7, 11) is 0. The Morgan fingerprint density at radius 3 is 2.60 bits per heavy atom. The minimum absolute atomic E-state index is 0.119. The number of nitrogens with two attached hydrogens (primary N) is 1. The summed E-state index contributed by atoms with van der Waals surface area (Å²) in [4.78, 5) is 0. The Balaban J connectivity index is 2.52. The van der Waals surface area contributed by atoms with Crippen LogP contribution in [-0.4, -0.2) is 10.7 Å². The van der Waals surface area contributed by atoms with Crippen LogP contribution in [0.3, 0.4) is 0 Å². The minimum Gasteiger partial charge on any atom is -0.376 e. The highest BCUT2D eigenvalue weighted by molar-refractivity contribution is 5.18. The highest BCUT2D eigenvalue weighted by Crippen LogP contribution is 2.20. The molecule has 0 saturated carbocycles. The van der Waals surface area contributed by atoms with Crippen LogP contribution in [0.5, 0.6) is 0 Å². The molecule has 0 fully saturated rings. The molecule has 0 aliphatic rings. The van der Waals surface area contributed by atoms with Crippen LogP contribution in [0.4, 0.5) is 0 Å². The van der Waals surface area contributed by atoms with Crippen molar-refractivity contribution in [1.82, 2.24) is 0 Å². The maximum absolute atomic E-state index is 9.50. The van der Waals surface area contributed by atoms with E-state index in [1.54, 1.807) is 0 Å². The van der Waals surface area contributed by atoms with Crippen molar-refractivity contribution in [3.8, 4) is 6.07 Å². The first kappa shape index (κ1) is 11.7. The quantitative estimate of drug-likeness (QED) is 0.734. The van der Waals surface area contributed by atoms with Crippen LogP contribution in [0, 0.1) is 11.3 Å². The molecule has 0 aliphatic carbocycles. The molecule has 3 nitrogen and oxygen atoms in total. The van der Waals surface area contributed by atoms with E-state index >= 15 is 0 Å². The third-order valence-corrected chi connectivity index (χ3v) is 2.41. The molecule has 1 rings (SSSR count). The molecule has 3 N–H and O–H groups in total. The van der Waals surface area contributed by atoms with Crippen LogP contribution < -0.4 is 5.73 Å². The molecule has 0 aliphatic heterocycles. The van der Waals surface area contributed by atoms with Crippen molar-refractivity contribution >= 4 is 0 Å². The van der Waals surface area contributed by atoms with E-state index in [1.807, 2.05) is 36.4 Å². The summed E-state index contributed by atoms with van der Waals surface area (Å²) in [5.41, 5.74) is 5.70. The van der Waals surface area contributed by atoms with Crippen LogP contribution in [-0.2, 0) is 0 Å². The minimum atomic E-state index is -1.27. The average molecular weight is 204 g/mol. The predicted molar refractivity (Wildman–Crippen MR) is 58.8 cm³/mol. The van der Waals surface area contributed by atoms with Crippen LogP contribution in [0.2, 0.25) is 0 Å². The van der Waals surface area contributed by atoms with Crippen molar-refractivity contribution in [1.29, 1.82) is 5.26 Å². The van der Waals surface area contributed by atoms with E-state index in [9.17, 15) is 5.11 Å². The van der Waals surface area contributed by atoms with Crippen molar-refractivity contribution in [2.24, 2.45) is 5.73 Å². The fraction of sp³-hybridized carbons (Fsp3) is 0.417. The number of nitrogens with zero attached hydrogens (tertiary/aromatic N) is 1. The zero-order valence-corrected chi connectivity index (χ0v) is 8.85. The first-order chi connectivity index (χ1) is 7.05. The van der Waals surface area contributed by atoms with Crippen molar-refractivity contribution in [2.75, 3.05) is 0 Å². The smallest absolute Gasteiger partial charge is 0.148 e. The zero-order chi connectivity index (χ0) is 11.3. The summed E-state index contributed by atoms with van der Waals surface area (Å²) >= 11 is 0. The molecule has 1 aromatic carbocycles. The number of nitriles is 1. The second-order valence-electron chi connectivity index (χ2n) is 3.94. The Bertz CT molecular complexity index is 340. The third kappa shape index (κ3) is 3.70. The Morgan fingerprint density at radius 2 is 2.07 bits per heavy atom. The van der Waals surface area contributed by atoms with Gasteiger partial charge in [0, 0.05) is 6.04 Å². The van der Waals surface area contributed by atoms with Crippen LogP contribution in [0.1, 0.15) is 31.4 Å². The summed E-state index contributed by atoms with van der Waals surface area (Å²) in [5.74, 6) is 0. The summed E-state index contributed by atoms with van der Waals surface area (Å²) in [5, 5.41) is 18.1. The first-order valence-corrected chi connectivity index (χ1v) is 4.99. The fourth-order valence-electron chi connectivity index (χ4n) is 1.36. The molecular formula is C12H16N2O. The monoisotopic (exact) mass is 204 g/mol. The number of benzene rings is 1. The zero-order valence-electron chi connectivity index (χ0n) is 8.85. The lowest BCUT2D eigenvalue weighted by Gasteiger charge is -2.17. The molecule has 80 valence electrons. The normalized spacial score (nSPS) is 16.4. The number of hydrogen-bond donors (Lipinski definition) is 2. The maximum Gasteiger partial charge on any atom is 0.148 e. The van der Waals surface area contributed by atoms with E-state index in [2.05, 4.69) is 0 Å².